The quantitative estimate of drug-likeness (QED) is 0.476. The summed E-state index contributed by atoms with van der Waals surface area (Å²) < 4.78 is 0. The summed E-state index contributed by atoms with van der Waals surface area (Å²) in [5, 5.41) is 0. The molecule has 1 radical (unpaired) electrons. The highest BCUT2D eigenvalue weighted by molar-refractivity contribution is 5.29. The van der Waals surface area contributed by atoms with E-state index in [1.165, 1.54) is 25.7 Å². The van der Waals surface area contributed by atoms with Crippen molar-refractivity contribution in [2.24, 2.45) is 5.92 Å². The predicted octanol–water partition coefficient (Wildman–Crippen LogP) is 2.88. The molecule has 0 bridgehead atoms. The zero-order valence-corrected chi connectivity index (χ0v) is 6.22. The van der Waals surface area contributed by atoms with Gasteiger partial charge in [-0.3, -0.25) is 0 Å². The van der Waals surface area contributed by atoms with Crippen LogP contribution < -0.4 is 0 Å². The molecule has 0 N–H and O–H groups in total. The second kappa shape index (κ2) is 2.61. The largest absolute Gasteiger partial charge is 0.0840 e. The fraction of sp³-hybridized carbons (Fsp3) is 0.500. The molecule has 0 saturated carbocycles. The molecule has 10 heavy (non-hydrogen) atoms. The van der Waals surface area contributed by atoms with Gasteiger partial charge >= 0.3 is 0 Å². The zero-order valence-electron chi connectivity index (χ0n) is 6.22. The third-order valence-corrected chi connectivity index (χ3v) is 2.39. The summed E-state index contributed by atoms with van der Waals surface area (Å²) in [6, 6.07) is 0. The van der Waals surface area contributed by atoms with Gasteiger partial charge in [0.15, 0.2) is 0 Å². The Morgan fingerprint density at radius 1 is 1.40 bits per heavy atom. The van der Waals surface area contributed by atoms with Crippen LogP contribution in [0.1, 0.15) is 25.7 Å². The summed E-state index contributed by atoms with van der Waals surface area (Å²) in [4.78, 5) is 0. The fourth-order valence-electron chi connectivity index (χ4n) is 1.82. The lowest BCUT2D eigenvalue weighted by atomic mass is 9.81. The molecular formula is C10H13. The van der Waals surface area contributed by atoms with Gasteiger partial charge in [-0.25, -0.2) is 0 Å². The van der Waals surface area contributed by atoms with E-state index in [0.717, 1.165) is 5.92 Å². The Kier molecular flexibility index (Phi) is 1.62. The monoisotopic (exact) mass is 133 g/mol. The Morgan fingerprint density at radius 2 is 2.40 bits per heavy atom. The molecule has 0 heterocycles. The summed E-state index contributed by atoms with van der Waals surface area (Å²) in [6.45, 7) is 0. The molecule has 0 heteroatoms. The second-order valence-electron chi connectivity index (χ2n) is 3.12. The van der Waals surface area contributed by atoms with E-state index < -0.39 is 0 Å². The molecule has 0 aromatic carbocycles. The van der Waals surface area contributed by atoms with Gasteiger partial charge in [0, 0.05) is 0 Å². The zero-order chi connectivity index (χ0) is 6.81. The van der Waals surface area contributed by atoms with Crippen molar-refractivity contribution in [1.29, 1.82) is 0 Å². The van der Waals surface area contributed by atoms with Crippen molar-refractivity contribution >= 4 is 0 Å². The van der Waals surface area contributed by atoms with Crippen LogP contribution in [-0.4, -0.2) is 0 Å². The van der Waals surface area contributed by atoms with Crippen LogP contribution in [0.15, 0.2) is 23.8 Å². The molecule has 2 rings (SSSR count). The maximum Gasteiger partial charge on any atom is -0.0131 e. The van der Waals surface area contributed by atoms with Gasteiger partial charge in [-0.1, -0.05) is 18.2 Å². The van der Waals surface area contributed by atoms with E-state index in [0.29, 0.717) is 0 Å². The average molecular weight is 133 g/mol. The summed E-state index contributed by atoms with van der Waals surface area (Å²) in [6.07, 6.45) is 14.6. The van der Waals surface area contributed by atoms with E-state index in [1.807, 2.05) is 0 Å². The molecule has 0 aliphatic heterocycles. The lowest BCUT2D eigenvalue weighted by molar-refractivity contribution is 0.563. The van der Waals surface area contributed by atoms with Crippen LogP contribution in [0.5, 0.6) is 0 Å². The van der Waals surface area contributed by atoms with Gasteiger partial charge in [0.2, 0.25) is 0 Å². The molecule has 0 fully saturated rings. The van der Waals surface area contributed by atoms with Gasteiger partial charge in [-0.2, -0.15) is 0 Å². The normalized spacial score (nSPS) is 31.2. The number of hydrogen-bond donors (Lipinski definition) is 0. The first-order valence-electron chi connectivity index (χ1n) is 4.17. The highest BCUT2D eigenvalue weighted by Gasteiger charge is 2.17. The van der Waals surface area contributed by atoms with E-state index in [-0.39, 0.29) is 0 Å². The number of hydrogen-bond acceptors (Lipinski definition) is 0. The van der Waals surface area contributed by atoms with E-state index in [1.54, 1.807) is 5.57 Å². The van der Waals surface area contributed by atoms with Crippen LogP contribution in [0.3, 0.4) is 0 Å². The first kappa shape index (κ1) is 6.21. The second-order valence-corrected chi connectivity index (χ2v) is 3.12. The molecular weight excluding hydrogens is 120 g/mol. The molecule has 2 aliphatic rings. The third-order valence-electron chi connectivity index (χ3n) is 2.39. The summed E-state index contributed by atoms with van der Waals surface area (Å²) in [5.41, 5.74) is 1.57. The molecule has 0 aromatic rings. The molecule has 0 aromatic heterocycles. The van der Waals surface area contributed by atoms with E-state index in [9.17, 15) is 0 Å². The van der Waals surface area contributed by atoms with Crippen LogP contribution in [0.2, 0.25) is 0 Å². The van der Waals surface area contributed by atoms with Crippen molar-refractivity contribution in [2.75, 3.05) is 0 Å². The van der Waals surface area contributed by atoms with Crippen molar-refractivity contribution in [3.8, 4) is 0 Å². The molecule has 1 unspecified atom stereocenters. The maximum atomic E-state index is 2.44. The molecule has 0 saturated heterocycles. The first-order valence-corrected chi connectivity index (χ1v) is 4.17. The van der Waals surface area contributed by atoms with E-state index >= 15 is 0 Å². The van der Waals surface area contributed by atoms with Gasteiger partial charge in [-0.05, 0) is 43.6 Å². The topological polar surface area (TPSA) is 0 Å². The molecule has 2 aliphatic carbocycles. The standard InChI is InChI=1S/C10H13/c1-2-6-10-8-4-3-7-9(10)5-1/h1,5-7,10H,2-4,8H2. The van der Waals surface area contributed by atoms with Crippen molar-refractivity contribution in [3.63, 3.8) is 0 Å². The van der Waals surface area contributed by atoms with Crippen LogP contribution in [-0.2, 0) is 0 Å². The Morgan fingerprint density at radius 3 is 3.30 bits per heavy atom. The summed E-state index contributed by atoms with van der Waals surface area (Å²) in [7, 11) is 0. The van der Waals surface area contributed by atoms with Gasteiger partial charge < -0.3 is 0 Å². The molecule has 0 spiro atoms. The Bertz CT molecular complexity index is 174. The van der Waals surface area contributed by atoms with Crippen molar-refractivity contribution in [3.05, 3.63) is 30.2 Å². The minimum Gasteiger partial charge on any atom is -0.0840 e. The number of fused-ring (bicyclic) bond motifs is 1. The fourth-order valence-corrected chi connectivity index (χ4v) is 1.82. The van der Waals surface area contributed by atoms with Gasteiger partial charge in [0.1, 0.15) is 0 Å². The highest BCUT2D eigenvalue weighted by atomic mass is 14.2. The molecule has 1 atom stereocenters. The molecule has 53 valence electrons. The maximum absolute atomic E-state index is 2.44. The van der Waals surface area contributed by atoms with Crippen LogP contribution >= 0.6 is 0 Å². The van der Waals surface area contributed by atoms with E-state index in [2.05, 4.69) is 24.6 Å². The number of allylic oxidation sites excluding steroid dienone is 4. The Balaban J connectivity index is 2.21. The smallest absolute Gasteiger partial charge is 0.0131 e. The number of rotatable bonds is 0. The Hall–Kier alpha value is -0.520. The van der Waals surface area contributed by atoms with Crippen LogP contribution in [0.4, 0.5) is 0 Å². The molecule has 0 nitrogen and oxygen atoms in total. The van der Waals surface area contributed by atoms with Crippen molar-refractivity contribution < 1.29 is 0 Å². The minimum atomic E-state index is 0.804. The first-order chi connectivity index (χ1) is 4.97. The third kappa shape index (κ3) is 1.03. The van der Waals surface area contributed by atoms with Crippen LogP contribution in [0, 0.1) is 12.3 Å². The SMILES string of the molecule is [CH]1CC=CC2=CCCCC12. The van der Waals surface area contributed by atoms with Gasteiger partial charge in [-0.15, -0.1) is 0 Å². The summed E-state index contributed by atoms with van der Waals surface area (Å²) >= 11 is 0. The highest BCUT2D eigenvalue weighted by Crippen LogP contribution is 2.31. The predicted molar refractivity (Wildman–Crippen MR) is 43.5 cm³/mol. The van der Waals surface area contributed by atoms with Crippen molar-refractivity contribution in [1.82, 2.24) is 0 Å². The minimum absolute atomic E-state index is 0.804. The van der Waals surface area contributed by atoms with Gasteiger partial charge in [0.05, 0.1) is 0 Å². The average Bonchev–Trinajstić information content (AvgIpc) is 2.05. The van der Waals surface area contributed by atoms with Crippen LogP contribution in [0.25, 0.3) is 0 Å². The van der Waals surface area contributed by atoms with Gasteiger partial charge in [0.25, 0.3) is 0 Å². The van der Waals surface area contributed by atoms with E-state index in [4.69, 9.17) is 0 Å². The Labute approximate surface area is 62.6 Å². The molecule has 0 amide bonds. The summed E-state index contributed by atoms with van der Waals surface area (Å²) in [5.74, 6) is 0.804. The lowest BCUT2D eigenvalue weighted by Gasteiger charge is -2.24. The van der Waals surface area contributed by atoms with Crippen molar-refractivity contribution in [2.45, 2.75) is 25.7 Å². The lowest BCUT2D eigenvalue weighted by Crippen LogP contribution is -2.10.